The van der Waals surface area contributed by atoms with Crippen LogP contribution in [-0.2, 0) is 17.4 Å². The highest BCUT2D eigenvalue weighted by Crippen LogP contribution is 2.30. The maximum atomic E-state index is 12.7. The monoisotopic (exact) mass is 369 g/mol. The number of thiazole rings is 1. The number of carbonyl (C=O) groups is 1. The van der Waals surface area contributed by atoms with Gasteiger partial charge in [0.25, 0.3) is 0 Å². The van der Waals surface area contributed by atoms with Gasteiger partial charge in [0.15, 0.2) is 5.13 Å². The third-order valence-electron chi connectivity index (χ3n) is 3.85. The summed E-state index contributed by atoms with van der Waals surface area (Å²) in [7, 11) is 0. The van der Waals surface area contributed by atoms with E-state index in [0.29, 0.717) is 23.0 Å². The molecule has 0 spiro atoms. The summed E-state index contributed by atoms with van der Waals surface area (Å²) >= 11 is 1.27. The van der Waals surface area contributed by atoms with Gasteiger partial charge in [0.2, 0.25) is 5.91 Å². The molecule has 4 nitrogen and oxygen atoms in total. The average molecular weight is 369 g/mol. The third-order valence-corrected chi connectivity index (χ3v) is 4.76. The molecule has 0 aliphatic heterocycles. The smallest absolute Gasteiger partial charge is 0.308 e. The minimum absolute atomic E-state index is 0.166. The molecule has 1 amide bonds. The van der Waals surface area contributed by atoms with E-state index in [9.17, 15) is 18.0 Å². The van der Waals surface area contributed by atoms with Gasteiger partial charge in [-0.15, -0.1) is 11.3 Å². The van der Waals surface area contributed by atoms with E-state index >= 15 is 0 Å². The number of amides is 1. The van der Waals surface area contributed by atoms with Crippen LogP contribution in [0.2, 0.25) is 0 Å². The van der Waals surface area contributed by atoms with Crippen LogP contribution in [0.4, 0.5) is 18.3 Å². The summed E-state index contributed by atoms with van der Waals surface area (Å²) in [6, 6.07) is 5.23. The van der Waals surface area contributed by atoms with Crippen molar-refractivity contribution in [2.75, 3.05) is 18.4 Å². The molecule has 8 heteroatoms. The minimum atomic E-state index is -4.35. The Morgan fingerprint density at radius 1 is 1.32 bits per heavy atom. The summed E-state index contributed by atoms with van der Waals surface area (Å²) in [6.07, 6.45) is 0.0197. The van der Waals surface area contributed by atoms with Crippen molar-refractivity contribution in [3.63, 3.8) is 0 Å². The molecule has 1 aliphatic carbocycles. The highest BCUT2D eigenvalue weighted by Gasteiger charge is 2.30. The zero-order chi connectivity index (χ0) is 17.9. The first-order chi connectivity index (χ1) is 11.9. The number of hydrogen-bond donors (Lipinski definition) is 2. The molecule has 2 N–H and O–H groups in total. The zero-order valence-electron chi connectivity index (χ0n) is 13.4. The van der Waals surface area contributed by atoms with E-state index in [0.717, 1.165) is 23.6 Å². The summed E-state index contributed by atoms with van der Waals surface area (Å²) in [5, 5.41) is 6.25. The lowest BCUT2D eigenvalue weighted by Crippen LogP contribution is -2.29. The fourth-order valence-electron chi connectivity index (χ4n) is 2.38. The van der Waals surface area contributed by atoms with Crippen LogP contribution in [0, 0.1) is 5.92 Å². The van der Waals surface area contributed by atoms with Crippen LogP contribution in [0.15, 0.2) is 30.5 Å². The molecular weight excluding hydrogens is 351 g/mol. The lowest BCUT2D eigenvalue weighted by molar-refractivity contribution is -0.137. The number of rotatable bonds is 7. The Balaban J connectivity index is 1.53. The van der Waals surface area contributed by atoms with E-state index in [-0.39, 0.29) is 12.5 Å². The summed E-state index contributed by atoms with van der Waals surface area (Å²) in [5.74, 6) is 0.535. The van der Waals surface area contributed by atoms with E-state index in [1.54, 1.807) is 12.3 Å². The van der Waals surface area contributed by atoms with E-state index in [1.165, 1.54) is 30.2 Å². The molecule has 0 bridgehead atoms. The molecule has 1 fully saturated rings. The largest absolute Gasteiger partial charge is 0.416 e. The molecule has 0 saturated heterocycles. The standard InChI is InChI=1S/C17H18F3N3OS/c18-17(19,20)13-3-1-2-12(6-13)7-14-9-22-16(25-14)23-15(24)10-21-8-11-4-5-11/h1-3,6,9,11,21H,4-5,7-8,10H2,(H,22,23,24). The first-order valence-electron chi connectivity index (χ1n) is 8.01. The highest BCUT2D eigenvalue weighted by molar-refractivity contribution is 7.15. The van der Waals surface area contributed by atoms with Crippen LogP contribution in [0.1, 0.15) is 28.8 Å². The van der Waals surface area contributed by atoms with Crippen molar-refractivity contribution >= 4 is 22.4 Å². The van der Waals surface area contributed by atoms with Crippen molar-refractivity contribution < 1.29 is 18.0 Å². The second-order valence-corrected chi connectivity index (χ2v) is 7.24. The van der Waals surface area contributed by atoms with Gasteiger partial charge in [-0.05, 0) is 36.9 Å². The topological polar surface area (TPSA) is 54.0 Å². The number of anilines is 1. The van der Waals surface area contributed by atoms with Gasteiger partial charge < -0.3 is 10.6 Å². The Kier molecular flexibility index (Phi) is 5.39. The van der Waals surface area contributed by atoms with Crippen molar-refractivity contribution in [1.29, 1.82) is 0 Å². The first kappa shape index (κ1) is 17.9. The minimum Gasteiger partial charge on any atom is -0.308 e. The molecule has 2 aromatic rings. The molecule has 25 heavy (non-hydrogen) atoms. The number of nitrogens with one attached hydrogen (secondary N) is 2. The SMILES string of the molecule is O=C(CNCC1CC1)Nc1ncc(Cc2cccc(C(F)(F)F)c2)s1. The Labute approximate surface area is 147 Å². The van der Waals surface area contributed by atoms with E-state index in [4.69, 9.17) is 0 Å². The summed E-state index contributed by atoms with van der Waals surface area (Å²) in [6.45, 7) is 1.09. The van der Waals surface area contributed by atoms with Gasteiger partial charge in [0.1, 0.15) is 0 Å². The number of alkyl halides is 3. The first-order valence-corrected chi connectivity index (χ1v) is 8.83. The van der Waals surface area contributed by atoms with E-state index in [1.807, 2.05) is 0 Å². The number of halogens is 3. The van der Waals surface area contributed by atoms with Crippen molar-refractivity contribution in [2.24, 2.45) is 5.92 Å². The zero-order valence-corrected chi connectivity index (χ0v) is 14.2. The third kappa shape index (κ3) is 5.54. The lowest BCUT2D eigenvalue weighted by atomic mass is 10.1. The van der Waals surface area contributed by atoms with Gasteiger partial charge in [-0.3, -0.25) is 4.79 Å². The number of aromatic nitrogens is 1. The second kappa shape index (κ2) is 7.53. The van der Waals surface area contributed by atoms with Gasteiger partial charge >= 0.3 is 6.18 Å². The number of nitrogens with zero attached hydrogens (tertiary/aromatic N) is 1. The predicted molar refractivity (Wildman–Crippen MR) is 90.6 cm³/mol. The van der Waals surface area contributed by atoms with Crippen LogP contribution >= 0.6 is 11.3 Å². The van der Waals surface area contributed by atoms with Crippen LogP contribution in [-0.4, -0.2) is 24.0 Å². The maximum Gasteiger partial charge on any atom is 0.416 e. The Morgan fingerprint density at radius 3 is 2.84 bits per heavy atom. The molecular formula is C17H18F3N3OS. The van der Waals surface area contributed by atoms with E-state index in [2.05, 4.69) is 15.6 Å². The van der Waals surface area contributed by atoms with Crippen molar-refractivity contribution in [3.8, 4) is 0 Å². The predicted octanol–water partition coefficient (Wildman–Crippen LogP) is 3.69. The van der Waals surface area contributed by atoms with Crippen LogP contribution < -0.4 is 10.6 Å². The highest BCUT2D eigenvalue weighted by atomic mass is 32.1. The quantitative estimate of drug-likeness (QED) is 0.783. The van der Waals surface area contributed by atoms with Gasteiger partial charge in [0, 0.05) is 17.5 Å². The fourth-order valence-corrected chi connectivity index (χ4v) is 3.24. The molecule has 3 rings (SSSR count). The molecule has 0 radical (unpaired) electrons. The second-order valence-electron chi connectivity index (χ2n) is 6.13. The van der Waals surface area contributed by atoms with E-state index < -0.39 is 11.7 Å². The summed E-state index contributed by atoms with van der Waals surface area (Å²) in [5.41, 5.74) is -0.104. The molecule has 134 valence electrons. The molecule has 1 heterocycles. The van der Waals surface area contributed by atoms with Crippen molar-refractivity contribution in [2.45, 2.75) is 25.4 Å². The molecule has 0 atom stereocenters. The van der Waals surface area contributed by atoms with Crippen molar-refractivity contribution in [1.82, 2.24) is 10.3 Å². The number of carbonyl (C=O) groups excluding carboxylic acids is 1. The average Bonchev–Trinajstić information content (AvgIpc) is 3.27. The normalized spacial score (nSPS) is 14.5. The van der Waals surface area contributed by atoms with Gasteiger partial charge in [-0.2, -0.15) is 13.2 Å². The van der Waals surface area contributed by atoms with Crippen molar-refractivity contribution in [3.05, 3.63) is 46.5 Å². The lowest BCUT2D eigenvalue weighted by Gasteiger charge is -2.07. The molecule has 0 unspecified atom stereocenters. The molecule has 1 aromatic carbocycles. The molecule has 1 aromatic heterocycles. The van der Waals surface area contributed by atoms with Gasteiger partial charge in [0.05, 0.1) is 12.1 Å². The Morgan fingerprint density at radius 2 is 2.12 bits per heavy atom. The van der Waals surface area contributed by atoms with Crippen LogP contribution in [0.25, 0.3) is 0 Å². The number of benzene rings is 1. The number of hydrogen-bond acceptors (Lipinski definition) is 4. The van der Waals surface area contributed by atoms with Gasteiger partial charge in [-0.1, -0.05) is 18.2 Å². The van der Waals surface area contributed by atoms with Gasteiger partial charge in [-0.25, -0.2) is 4.98 Å². The fraction of sp³-hybridized carbons (Fsp3) is 0.412. The summed E-state index contributed by atoms with van der Waals surface area (Å²) in [4.78, 5) is 16.7. The Bertz CT molecular complexity index is 741. The Hall–Kier alpha value is -1.93. The van der Waals surface area contributed by atoms with Crippen LogP contribution in [0.5, 0.6) is 0 Å². The maximum absolute atomic E-state index is 12.7. The molecule has 1 saturated carbocycles. The summed E-state index contributed by atoms with van der Waals surface area (Å²) < 4.78 is 38.2. The van der Waals surface area contributed by atoms with Crippen LogP contribution in [0.3, 0.4) is 0 Å². The molecule has 1 aliphatic rings.